The van der Waals surface area contributed by atoms with Gasteiger partial charge in [-0.2, -0.15) is 0 Å². The van der Waals surface area contributed by atoms with Crippen molar-refractivity contribution in [1.29, 1.82) is 0 Å². The maximum absolute atomic E-state index is 13.7. The van der Waals surface area contributed by atoms with Crippen LogP contribution in [0.1, 0.15) is 22.3 Å². The molecule has 0 radical (unpaired) electrons. The van der Waals surface area contributed by atoms with Crippen LogP contribution in [0.4, 0.5) is 4.39 Å². The summed E-state index contributed by atoms with van der Waals surface area (Å²) in [5, 5.41) is 3.05. The molecular formula is C32H31FN2O2. The second-order valence-electron chi connectivity index (χ2n) is 9.04. The average Bonchev–Trinajstić information content (AvgIpc) is 2.93. The summed E-state index contributed by atoms with van der Waals surface area (Å²) in [5.74, 6) is -0.705. The summed E-state index contributed by atoms with van der Waals surface area (Å²) in [4.78, 5) is 28.9. The molecule has 0 fully saturated rings. The van der Waals surface area contributed by atoms with Gasteiger partial charge in [-0.3, -0.25) is 9.59 Å². The fourth-order valence-corrected chi connectivity index (χ4v) is 4.31. The zero-order valence-corrected chi connectivity index (χ0v) is 20.7. The Hall–Kier alpha value is -4.25. The molecule has 4 aromatic rings. The van der Waals surface area contributed by atoms with Crippen LogP contribution in [0.3, 0.4) is 0 Å². The minimum absolute atomic E-state index is 0.158. The summed E-state index contributed by atoms with van der Waals surface area (Å²) in [6, 6.07) is 34.5. The van der Waals surface area contributed by atoms with Gasteiger partial charge in [-0.15, -0.1) is 0 Å². The number of nitrogens with one attached hydrogen (secondary N) is 1. The van der Waals surface area contributed by atoms with E-state index in [1.807, 2.05) is 91.0 Å². The summed E-state index contributed by atoms with van der Waals surface area (Å²) in [6.07, 6.45) is 1.24. The van der Waals surface area contributed by atoms with Gasteiger partial charge in [0.05, 0.1) is 6.42 Å². The van der Waals surface area contributed by atoms with Gasteiger partial charge in [0.2, 0.25) is 11.8 Å². The van der Waals surface area contributed by atoms with Crippen molar-refractivity contribution in [3.05, 3.63) is 143 Å². The van der Waals surface area contributed by atoms with E-state index in [2.05, 4.69) is 5.32 Å². The summed E-state index contributed by atoms with van der Waals surface area (Å²) in [5.41, 5.74) is 3.73. The third-order valence-electron chi connectivity index (χ3n) is 6.29. The van der Waals surface area contributed by atoms with Crippen molar-refractivity contribution in [3.8, 4) is 0 Å². The summed E-state index contributed by atoms with van der Waals surface area (Å²) in [6.45, 7) is 0.668. The lowest BCUT2D eigenvalue weighted by Crippen LogP contribution is -2.51. The molecule has 0 bridgehead atoms. The first-order chi connectivity index (χ1) is 18.1. The van der Waals surface area contributed by atoms with Gasteiger partial charge in [0, 0.05) is 19.5 Å². The quantitative estimate of drug-likeness (QED) is 0.305. The zero-order chi connectivity index (χ0) is 25.9. The minimum atomic E-state index is -0.723. The highest BCUT2D eigenvalue weighted by molar-refractivity contribution is 5.88. The monoisotopic (exact) mass is 494 g/mol. The van der Waals surface area contributed by atoms with E-state index in [0.717, 1.165) is 22.3 Å². The van der Waals surface area contributed by atoms with Crippen LogP contribution in [0.25, 0.3) is 0 Å². The first kappa shape index (κ1) is 25.8. The summed E-state index contributed by atoms with van der Waals surface area (Å²) < 4.78 is 13.6. The van der Waals surface area contributed by atoms with Crippen LogP contribution in [-0.4, -0.2) is 29.3 Å². The first-order valence-corrected chi connectivity index (χ1v) is 12.5. The van der Waals surface area contributed by atoms with Crippen LogP contribution >= 0.6 is 0 Å². The van der Waals surface area contributed by atoms with Gasteiger partial charge in [0.25, 0.3) is 0 Å². The largest absolute Gasteiger partial charge is 0.354 e. The molecule has 0 aliphatic heterocycles. The topological polar surface area (TPSA) is 49.4 Å². The van der Waals surface area contributed by atoms with Crippen molar-refractivity contribution in [2.24, 2.45) is 0 Å². The maximum atomic E-state index is 13.7. The molecule has 0 spiro atoms. The molecule has 4 rings (SSSR count). The highest BCUT2D eigenvalue weighted by Crippen LogP contribution is 2.17. The Morgan fingerprint density at radius 2 is 1.22 bits per heavy atom. The molecular weight excluding hydrogens is 463 g/mol. The Bertz CT molecular complexity index is 1260. The lowest BCUT2D eigenvalue weighted by molar-refractivity contribution is -0.140. The van der Waals surface area contributed by atoms with Gasteiger partial charge in [-0.05, 0) is 40.8 Å². The van der Waals surface area contributed by atoms with Crippen LogP contribution in [0, 0.1) is 5.82 Å². The van der Waals surface area contributed by atoms with Crippen LogP contribution < -0.4 is 5.32 Å². The molecule has 1 atom stereocenters. The Morgan fingerprint density at radius 3 is 1.81 bits per heavy atom. The van der Waals surface area contributed by atoms with E-state index < -0.39 is 6.04 Å². The van der Waals surface area contributed by atoms with Crippen molar-refractivity contribution < 1.29 is 14.0 Å². The van der Waals surface area contributed by atoms with Gasteiger partial charge in [-0.1, -0.05) is 103 Å². The third-order valence-corrected chi connectivity index (χ3v) is 6.29. The number of nitrogens with zero attached hydrogens (tertiary/aromatic N) is 1. The number of hydrogen-bond donors (Lipinski definition) is 1. The van der Waals surface area contributed by atoms with Crippen LogP contribution in [0.5, 0.6) is 0 Å². The van der Waals surface area contributed by atoms with Gasteiger partial charge in [0.1, 0.15) is 11.9 Å². The molecule has 2 amide bonds. The second kappa shape index (κ2) is 13.2. The fraction of sp³-hybridized carbons (Fsp3) is 0.188. The number of halogens is 1. The van der Waals surface area contributed by atoms with Crippen molar-refractivity contribution >= 4 is 11.8 Å². The second-order valence-corrected chi connectivity index (χ2v) is 9.04. The normalized spacial score (nSPS) is 11.5. The van der Waals surface area contributed by atoms with E-state index in [-0.39, 0.29) is 30.6 Å². The lowest BCUT2D eigenvalue weighted by atomic mass is 10.0. The smallest absolute Gasteiger partial charge is 0.243 e. The Kier molecular flexibility index (Phi) is 9.19. The number of hydrogen-bond acceptors (Lipinski definition) is 2. The van der Waals surface area contributed by atoms with Crippen molar-refractivity contribution in [2.45, 2.75) is 31.8 Å². The molecule has 5 heteroatoms. The van der Waals surface area contributed by atoms with Gasteiger partial charge in [-0.25, -0.2) is 4.39 Å². The molecule has 0 saturated carbocycles. The molecule has 0 aliphatic carbocycles. The van der Waals surface area contributed by atoms with E-state index in [1.165, 1.54) is 12.1 Å². The standard InChI is InChI=1S/C32H31FN2O2/c33-29-18-16-28(17-19-29)24-35(31(36)23-27-14-8-3-9-15-27)30(22-26-12-6-2-7-13-26)32(37)34-21-20-25-10-4-1-5-11-25/h1-19,30H,20-24H2,(H,34,37). The maximum Gasteiger partial charge on any atom is 0.243 e. The zero-order valence-electron chi connectivity index (χ0n) is 20.7. The molecule has 188 valence electrons. The molecule has 4 aromatic carbocycles. The molecule has 37 heavy (non-hydrogen) atoms. The van der Waals surface area contributed by atoms with Gasteiger partial charge >= 0.3 is 0 Å². The molecule has 4 nitrogen and oxygen atoms in total. The average molecular weight is 495 g/mol. The summed E-state index contributed by atoms with van der Waals surface area (Å²) >= 11 is 0. The fourth-order valence-electron chi connectivity index (χ4n) is 4.31. The molecule has 1 unspecified atom stereocenters. The van der Waals surface area contributed by atoms with E-state index in [0.29, 0.717) is 19.4 Å². The Labute approximate surface area is 217 Å². The summed E-state index contributed by atoms with van der Waals surface area (Å²) in [7, 11) is 0. The number of rotatable bonds is 11. The number of carbonyl (C=O) groups excluding carboxylic acids is 2. The molecule has 0 aliphatic rings. The molecule has 0 heterocycles. The number of carbonyl (C=O) groups is 2. The Morgan fingerprint density at radius 1 is 0.676 bits per heavy atom. The van der Waals surface area contributed by atoms with E-state index in [1.54, 1.807) is 17.0 Å². The van der Waals surface area contributed by atoms with Crippen molar-refractivity contribution in [2.75, 3.05) is 6.54 Å². The van der Waals surface area contributed by atoms with E-state index >= 15 is 0 Å². The number of benzene rings is 4. The van der Waals surface area contributed by atoms with Gasteiger partial charge in [0.15, 0.2) is 0 Å². The van der Waals surface area contributed by atoms with Crippen molar-refractivity contribution in [3.63, 3.8) is 0 Å². The highest BCUT2D eigenvalue weighted by Gasteiger charge is 2.30. The molecule has 0 saturated heterocycles. The predicted octanol–water partition coefficient (Wildman–Crippen LogP) is 5.37. The third kappa shape index (κ3) is 7.87. The predicted molar refractivity (Wildman–Crippen MR) is 144 cm³/mol. The van der Waals surface area contributed by atoms with E-state index in [9.17, 15) is 14.0 Å². The van der Waals surface area contributed by atoms with Crippen molar-refractivity contribution in [1.82, 2.24) is 10.2 Å². The first-order valence-electron chi connectivity index (χ1n) is 12.5. The Balaban J connectivity index is 1.59. The van der Waals surface area contributed by atoms with Crippen LogP contribution in [-0.2, 0) is 35.4 Å². The molecule has 0 aromatic heterocycles. The van der Waals surface area contributed by atoms with Gasteiger partial charge < -0.3 is 10.2 Å². The minimum Gasteiger partial charge on any atom is -0.354 e. The lowest BCUT2D eigenvalue weighted by Gasteiger charge is -2.31. The highest BCUT2D eigenvalue weighted by atomic mass is 19.1. The van der Waals surface area contributed by atoms with Crippen LogP contribution in [0.15, 0.2) is 115 Å². The molecule has 1 N–H and O–H groups in total. The van der Waals surface area contributed by atoms with Crippen LogP contribution in [0.2, 0.25) is 0 Å². The number of amides is 2. The SMILES string of the molecule is O=C(NCCc1ccccc1)C(Cc1ccccc1)N(Cc1ccc(F)cc1)C(=O)Cc1ccccc1. The van der Waals surface area contributed by atoms with E-state index in [4.69, 9.17) is 0 Å².